The number of nitrogens with zero attached hydrogens (tertiary/aromatic N) is 5. The first-order valence-electron chi connectivity index (χ1n) is 9.85. The number of imidazole rings is 1. The lowest BCUT2D eigenvalue weighted by atomic mass is 10.0. The summed E-state index contributed by atoms with van der Waals surface area (Å²) in [7, 11) is 0. The molecule has 3 aromatic rings. The Morgan fingerprint density at radius 1 is 1.07 bits per heavy atom. The summed E-state index contributed by atoms with van der Waals surface area (Å²) < 4.78 is 1.92. The van der Waals surface area contributed by atoms with Gasteiger partial charge in [-0.2, -0.15) is 0 Å². The SMILES string of the molecule is Cc1cn(CC(=O)N2CCN(c3ccccc3-c3ccc(N)nc3)CC2)c(C)n1. The van der Waals surface area contributed by atoms with Crippen LogP contribution in [0, 0.1) is 13.8 Å². The van der Waals surface area contributed by atoms with E-state index >= 15 is 0 Å². The molecule has 7 heteroatoms. The molecule has 1 aromatic carbocycles. The maximum Gasteiger partial charge on any atom is 0.242 e. The van der Waals surface area contributed by atoms with E-state index in [-0.39, 0.29) is 5.91 Å². The first-order valence-corrected chi connectivity index (χ1v) is 9.85. The fraction of sp³-hybridized carbons (Fsp3) is 0.318. The molecule has 1 aliphatic heterocycles. The van der Waals surface area contributed by atoms with Crippen molar-refractivity contribution < 1.29 is 4.79 Å². The lowest BCUT2D eigenvalue weighted by Gasteiger charge is -2.37. The second-order valence-electron chi connectivity index (χ2n) is 7.41. The number of aryl methyl sites for hydroxylation is 2. The highest BCUT2D eigenvalue weighted by atomic mass is 16.2. The number of rotatable bonds is 4. The molecule has 1 amide bonds. The molecule has 0 spiro atoms. The normalized spacial score (nSPS) is 14.3. The highest BCUT2D eigenvalue weighted by molar-refractivity contribution is 5.79. The standard InChI is InChI=1S/C22H26N6O/c1-16-14-28(17(2)25-16)15-22(29)27-11-9-26(10-12-27)20-6-4-3-5-19(20)18-7-8-21(23)24-13-18/h3-8,13-14H,9-12,15H2,1-2H3,(H2,23,24). The number of nitrogen functional groups attached to an aromatic ring is 1. The Morgan fingerprint density at radius 2 is 1.83 bits per heavy atom. The number of benzene rings is 1. The highest BCUT2D eigenvalue weighted by Gasteiger charge is 2.23. The Hall–Kier alpha value is -3.35. The van der Waals surface area contributed by atoms with Crippen LogP contribution in [0.1, 0.15) is 11.5 Å². The van der Waals surface area contributed by atoms with Crippen LogP contribution in [0.25, 0.3) is 11.1 Å². The van der Waals surface area contributed by atoms with Gasteiger partial charge in [-0.05, 0) is 32.0 Å². The average Bonchev–Trinajstić information content (AvgIpc) is 3.05. The first kappa shape index (κ1) is 19.0. The molecular weight excluding hydrogens is 364 g/mol. The Balaban J connectivity index is 1.44. The van der Waals surface area contributed by atoms with E-state index in [9.17, 15) is 4.79 Å². The van der Waals surface area contributed by atoms with Crippen LogP contribution in [0.4, 0.5) is 11.5 Å². The van der Waals surface area contributed by atoms with Gasteiger partial charge in [0.1, 0.15) is 18.2 Å². The summed E-state index contributed by atoms with van der Waals surface area (Å²) in [6.45, 7) is 7.24. The molecule has 0 atom stereocenters. The number of amides is 1. The lowest BCUT2D eigenvalue weighted by molar-refractivity contribution is -0.132. The van der Waals surface area contributed by atoms with Crippen LogP contribution >= 0.6 is 0 Å². The summed E-state index contributed by atoms with van der Waals surface area (Å²) in [6.07, 6.45) is 3.74. The van der Waals surface area contributed by atoms with Crippen LogP contribution in [0.2, 0.25) is 0 Å². The maximum absolute atomic E-state index is 12.7. The fourth-order valence-electron chi connectivity index (χ4n) is 3.83. The Labute approximate surface area is 170 Å². The molecule has 1 fully saturated rings. The minimum absolute atomic E-state index is 0.140. The summed E-state index contributed by atoms with van der Waals surface area (Å²) in [6, 6.07) is 12.1. The summed E-state index contributed by atoms with van der Waals surface area (Å²) in [5, 5.41) is 0. The minimum atomic E-state index is 0.140. The van der Waals surface area contributed by atoms with Crippen LogP contribution in [0.3, 0.4) is 0 Å². The molecule has 0 aliphatic carbocycles. The lowest BCUT2D eigenvalue weighted by Crippen LogP contribution is -2.49. The summed E-state index contributed by atoms with van der Waals surface area (Å²) in [5.41, 5.74) is 10.00. The third-order valence-corrected chi connectivity index (χ3v) is 5.38. The van der Waals surface area contributed by atoms with E-state index < -0.39 is 0 Å². The van der Waals surface area contributed by atoms with Crippen molar-refractivity contribution >= 4 is 17.4 Å². The number of pyridine rings is 1. The van der Waals surface area contributed by atoms with Gasteiger partial charge in [0.2, 0.25) is 5.91 Å². The van der Waals surface area contributed by atoms with E-state index in [1.54, 1.807) is 0 Å². The van der Waals surface area contributed by atoms with Crippen LogP contribution < -0.4 is 10.6 Å². The van der Waals surface area contributed by atoms with Crippen LogP contribution in [0.5, 0.6) is 0 Å². The smallest absolute Gasteiger partial charge is 0.242 e. The quantitative estimate of drug-likeness (QED) is 0.740. The van der Waals surface area contributed by atoms with Gasteiger partial charge in [0.15, 0.2) is 0 Å². The topological polar surface area (TPSA) is 80.3 Å². The molecule has 4 rings (SSSR count). The third-order valence-electron chi connectivity index (χ3n) is 5.38. The number of carbonyl (C=O) groups excluding carboxylic acids is 1. The van der Waals surface area contributed by atoms with Crippen molar-refractivity contribution in [1.29, 1.82) is 0 Å². The molecule has 0 bridgehead atoms. The number of hydrogen-bond acceptors (Lipinski definition) is 5. The van der Waals surface area contributed by atoms with Gasteiger partial charge in [0.05, 0.1) is 5.69 Å². The van der Waals surface area contributed by atoms with Crippen LogP contribution in [0.15, 0.2) is 48.8 Å². The van der Waals surface area contributed by atoms with Gasteiger partial charge in [0.25, 0.3) is 0 Å². The largest absolute Gasteiger partial charge is 0.384 e. The average molecular weight is 390 g/mol. The summed E-state index contributed by atoms with van der Waals surface area (Å²) in [5.74, 6) is 1.53. The zero-order valence-corrected chi connectivity index (χ0v) is 16.9. The van der Waals surface area contributed by atoms with E-state index in [4.69, 9.17) is 5.73 Å². The van der Waals surface area contributed by atoms with Crippen LogP contribution in [-0.4, -0.2) is 51.5 Å². The molecule has 0 saturated carbocycles. The Morgan fingerprint density at radius 3 is 2.48 bits per heavy atom. The van der Waals surface area contributed by atoms with Gasteiger partial charge in [-0.25, -0.2) is 9.97 Å². The van der Waals surface area contributed by atoms with Gasteiger partial charge >= 0.3 is 0 Å². The number of nitrogens with two attached hydrogens (primary N) is 1. The van der Waals surface area contributed by atoms with E-state index in [0.717, 1.165) is 41.4 Å². The molecule has 2 aromatic heterocycles. The molecule has 29 heavy (non-hydrogen) atoms. The molecule has 0 unspecified atom stereocenters. The molecule has 3 heterocycles. The second-order valence-corrected chi connectivity index (χ2v) is 7.41. The van der Waals surface area contributed by atoms with Crippen molar-refractivity contribution in [3.05, 3.63) is 60.3 Å². The van der Waals surface area contributed by atoms with Crippen molar-refractivity contribution in [2.24, 2.45) is 0 Å². The van der Waals surface area contributed by atoms with Gasteiger partial charge < -0.3 is 20.1 Å². The molecule has 1 aliphatic rings. The zero-order valence-electron chi connectivity index (χ0n) is 16.9. The number of carbonyl (C=O) groups is 1. The second kappa shape index (κ2) is 7.95. The number of hydrogen-bond donors (Lipinski definition) is 1. The molecule has 0 radical (unpaired) electrons. The van der Waals surface area contributed by atoms with Gasteiger partial charge in [-0.3, -0.25) is 4.79 Å². The van der Waals surface area contributed by atoms with E-state index in [1.165, 1.54) is 0 Å². The van der Waals surface area contributed by atoms with Crippen molar-refractivity contribution in [1.82, 2.24) is 19.4 Å². The predicted octanol–water partition coefficient (Wildman–Crippen LogP) is 2.49. The monoisotopic (exact) mass is 390 g/mol. The number of piperazine rings is 1. The maximum atomic E-state index is 12.7. The number of aromatic nitrogens is 3. The predicted molar refractivity (Wildman–Crippen MR) is 115 cm³/mol. The fourth-order valence-corrected chi connectivity index (χ4v) is 3.83. The zero-order chi connectivity index (χ0) is 20.4. The third kappa shape index (κ3) is 4.08. The van der Waals surface area contributed by atoms with E-state index in [1.807, 2.05) is 60.0 Å². The number of para-hydroxylation sites is 1. The Kier molecular flexibility index (Phi) is 5.20. The van der Waals surface area contributed by atoms with E-state index in [0.29, 0.717) is 25.5 Å². The van der Waals surface area contributed by atoms with Gasteiger partial charge in [-0.15, -0.1) is 0 Å². The van der Waals surface area contributed by atoms with Gasteiger partial charge in [-0.1, -0.05) is 18.2 Å². The van der Waals surface area contributed by atoms with Gasteiger partial charge in [0, 0.05) is 55.4 Å². The Bertz CT molecular complexity index is 1000. The van der Waals surface area contributed by atoms with Crippen molar-refractivity contribution in [2.75, 3.05) is 36.8 Å². The van der Waals surface area contributed by atoms with Crippen molar-refractivity contribution in [3.8, 4) is 11.1 Å². The molecule has 1 saturated heterocycles. The van der Waals surface area contributed by atoms with Crippen molar-refractivity contribution in [2.45, 2.75) is 20.4 Å². The highest BCUT2D eigenvalue weighted by Crippen LogP contribution is 2.31. The first-order chi connectivity index (χ1) is 14.0. The minimum Gasteiger partial charge on any atom is -0.384 e. The van der Waals surface area contributed by atoms with Crippen molar-refractivity contribution in [3.63, 3.8) is 0 Å². The molecule has 2 N–H and O–H groups in total. The summed E-state index contributed by atoms with van der Waals surface area (Å²) in [4.78, 5) is 25.6. The number of anilines is 2. The summed E-state index contributed by atoms with van der Waals surface area (Å²) >= 11 is 0. The molecular formula is C22H26N6O. The van der Waals surface area contributed by atoms with E-state index in [2.05, 4.69) is 27.0 Å². The molecule has 150 valence electrons. The molecule has 7 nitrogen and oxygen atoms in total. The van der Waals surface area contributed by atoms with Crippen LogP contribution in [-0.2, 0) is 11.3 Å².